The number of anilines is 2. The number of aromatic nitrogens is 2. The molecule has 5 nitrogen and oxygen atoms in total. The third-order valence-corrected chi connectivity index (χ3v) is 2.80. The molecule has 0 spiro atoms. The molecule has 0 atom stereocenters. The lowest BCUT2D eigenvalue weighted by Gasteiger charge is -2.21. The molecular weight excluding hydrogens is 252 g/mol. The quantitative estimate of drug-likeness (QED) is 0.906. The fourth-order valence-corrected chi connectivity index (χ4v) is 1.92. The second kappa shape index (κ2) is 6.23. The van der Waals surface area contributed by atoms with E-state index in [0.717, 1.165) is 6.54 Å². The normalized spacial score (nSPS) is 10.6. The molecule has 1 aromatic heterocycles. The van der Waals surface area contributed by atoms with Gasteiger partial charge in [-0.05, 0) is 19.4 Å². The van der Waals surface area contributed by atoms with Gasteiger partial charge in [-0.15, -0.1) is 0 Å². The molecule has 0 fully saturated rings. The predicted octanol–water partition coefficient (Wildman–Crippen LogP) is 2.48. The lowest BCUT2D eigenvalue weighted by atomic mass is 10.2. The van der Waals surface area contributed by atoms with Gasteiger partial charge in [-0.2, -0.15) is 4.98 Å². The molecule has 0 radical (unpaired) electrons. The van der Waals surface area contributed by atoms with Gasteiger partial charge in [0.05, 0.1) is 6.10 Å². The molecule has 2 rings (SSSR count). The van der Waals surface area contributed by atoms with Gasteiger partial charge in [-0.25, -0.2) is 4.98 Å². The maximum absolute atomic E-state index is 6.09. The Balaban J connectivity index is 2.19. The Morgan fingerprint density at radius 1 is 1.20 bits per heavy atom. The van der Waals surface area contributed by atoms with Gasteiger partial charge in [0.2, 0.25) is 5.88 Å². The number of nitrogens with zero attached hydrogens (tertiary/aromatic N) is 3. The highest BCUT2D eigenvalue weighted by molar-refractivity contribution is 5.67. The molecule has 5 heteroatoms. The van der Waals surface area contributed by atoms with Gasteiger partial charge in [-0.1, -0.05) is 30.3 Å². The molecular formula is C15H20N4O. The number of hydrogen-bond donors (Lipinski definition) is 1. The zero-order chi connectivity index (χ0) is 14.5. The maximum atomic E-state index is 6.09. The third-order valence-electron chi connectivity index (χ3n) is 2.80. The van der Waals surface area contributed by atoms with Crippen LogP contribution in [0.2, 0.25) is 0 Å². The topological polar surface area (TPSA) is 64.3 Å². The molecule has 0 saturated carbocycles. The van der Waals surface area contributed by atoms with E-state index >= 15 is 0 Å². The van der Waals surface area contributed by atoms with Crippen molar-refractivity contribution in [2.75, 3.05) is 17.7 Å². The Bertz CT molecular complexity index is 557. The van der Waals surface area contributed by atoms with E-state index in [9.17, 15) is 0 Å². The Hall–Kier alpha value is -2.30. The highest BCUT2D eigenvalue weighted by Crippen LogP contribution is 2.28. The van der Waals surface area contributed by atoms with Crippen molar-refractivity contribution in [1.82, 2.24) is 9.97 Å². The van der Waals surface area contributed by atoms with Crippen LogP contribution in [0, 0.1) is 0 Å². The monoisotopic (exact) mass is 272 g/mol. The fraction of sp³-hybridized carbons (Fsp3) is 0.333. The van der Waals surface area contributed by atoms with Gasteiger partial charge < -0.3 is 15.4 Å². The number of nitrogens with two attached hydrogens (primary N) is 1. The number of ether oxygens (including phenoxy) is 1. The average Bonchev–Trinajstić information content (AvgIpc) is 2.41. The van der Waals surface area contributed by atoms with Crippen molar-refractivity contribution >= 4 is 11.5 Å². The summed E-state index contributed by atoms with van der Waals surface area (Å²) < 4.78 is 5.58. The minimum absolute atomic E-state index is 0.0273. The van der Waals surface area contributed by atoms with E-state index < -0.39 is 0 Å². The van der Waals surface area contributed by atoms with Crippen LogP contribution in [-0.4, -0.2) is 23.1 Å². The summed E-state index contributed by atoms with van der Waals surface area (Å²) in [5.74, 6) is 1.12. The maximum Gasteiger partial charge on any atom is 0.242 e. The van der Waals surface area contributed by atoms with Crippen molar-refractivity contribution < 1.29 is 4.74 Å². The Labute approximate surface area is 119 Å². The summed E-state index contributed by atoms with van der Waals surface area (Å²) in [5, 5.41) is 0. The second-order valence-corrected chi connectivity index (χ2v) is 4.92. The van der Waals surface area contributed by atoms with Crippen molar-refractivity contribution in [1.29, 1.82) is 0 Å². The fourth-order valence-electron chi connectivity index (χ4n) is 1.92. The molecule has 1 heterocycles. The van der Waals surface area contributed by atoms with Gasteiger partial charge in [0, 0.05) is 13.6 Å². The van der Waals surface area contributed by atoms with E-state index in [1.165, 1.54) is 11.9 Å². The molecule has 2 aromatic rings. The molecule has 1 aromatic carbocycles. The van der Waals surface area contributed by atoms with Gasteiger partial charge in [0.1, 0.15) is 12.0 Å². The summed E-state index contributed by atoms with van der Waals surface area (Å²) in [6.45, 7) is 4.60. The molecule has 0 saturated heterocycles. The van der Waals surface area contributed by atoms with E-state index in [-0.39, 0.29) is 6.10 Å². The first-order valence-corrected chi connectivity index (χ1v) is 6.60. The van der Waals surface area contributed by atoms with Crippen molar-refractivity contribution in [3.8, 4) is 5.88 Å². The van der Waals surface area contributed by atoms with Crippen LogP contribution >= 0.6 is 0 Å². The van der Waals surface area contributed by atoms with E-state index in [1.807, 2.05) is 44.0 Å². The summed E-state index contributed by atoms with van der Waals surface area (Å²) in [6, 6.07) is 10.2. The first-order chi connectivity index (χ1) is 9.58. The second-order valence-electron chi connectivity index (χ2n) is 4.92. The zero-order valence-electron chi connectivity index (χ0n) is 12.1. The van der Waals surface area contributed by atoms with Crippen molar-refractivity contribution in [2.45, 2.75) is 26.5 Å². The predicted molar refractivity (Wildman–Crippen MR) is 80.8 cm³/mol. The van der Waals surface area contributed by atoms with E-state index in [2.05, 4.69) is 22.1 Å². The van der Waals surface area contributed by atoms with Gasteiger partial charge in [0.15, 0.2) is 5.82 Å². The van der Waals surface area contributed by atoms with Crippen LogP contribution in [0.15, 0.2) is 36.7 Å². The smallest absolute Gasteiger partial charge is 0.242 e. The minimum Gasteiger partial charge on any atom is -0.473 e. The van der Waals surface area contributed by atoms with Crippen molar-refractivity contribution in [2.24, 2.45) is 0 Å². The molecule has 0 amide bonds. The number of rotatable bonds is 5. The summed E-state index contributed by atoms with van der Waals surface area (Å²) in [7, 11) is 1.95. The molecule has 106 valence electrons. The van der Waals surface area contributed by atoms with Crippen LogP contribution in [0.4, 0.5) is 11.5 Å². The molecule has 0 bridgehead atoms. The van der Waals surface area contributed by atoms with Crippen LogP contribution in [0.1, 0.15) is 19.4 Å². The number of hydrogen-bond acceptors (Lipinski definition) is 5. The molecule has 0 aliphatic carbocycles. The van der Waals surface area contributed by atoms with Crippen LogP contribution in [0.25, 0.3) is 0 Å². The van der Waals surface area contributed by atoms with Crippen LogP contribution < -0.4 is 15.4 Å². The first kappa shape index (κ1) is 14.1. The molecule has 0 unspecified atom stereocenters. The van der Waals surface area contributed by atoms with Gasteiger partial charge >= 0.3 is 0 Å². The highest BCUT2D eigenvalue weighted by Gasteiger charge is 2.14. The first-order valence-electron chi connectivity index (χ1n) is 6.60. The summed E-state index contributed by atoms with van der Waals surface area (Å²) in [6.07, 6.45) is 1.50. The van der Waals surface area contributed by atoms with E-state index in [4.69, 9.17) is 10.5 Å². The number of nitrogen functional groups attached to an aromatic ring is 1. The SMILES string of the molecule is CC(C)Oc1ncnc(N(C)Cc2ccccc2)c1N. The average molecular weight is 272 g/mol. The number of benzene rings is 1. The molecule has 2 N–H and O–H groups in total. The van der Waals surface area contributed by atoms with Crippen LogP contribution in [0.5, 0.6) is 5.88 Å². The largest absolute Gasteiger partial charge is 0.473 e. The van der Waals surface area contributed by atoms with E-state index in [0.29, 0.717) is 17.4 Å². The van der Waals surface area contributed by atoms with E-state index in [1.54, 1.807) is 0 Å². The highest BCUT2D eigenvalue weighted by atomic mass is 16.5. The molecule has 20 heavy (non-hydrogen) atoms. The summed E-state index contributed by atoms with van der Waals surface area (Å²) in [4.78, 5) is 10.3. The Morgan fingerprint density at radius 3 is 2.55 bits per heavy atom. The zero-order valence-corrected chi connectivity index (χ0v) is 12.1. The standard InChI is InChI=1S/C15H20N4O/c1-11(2)20-15-13(16)14(17-10-18-15)19(3)9-12-7-5-4-6-8-12/h4-8,10-11H,9,16H2,1-3H3. The summed E-state index contributed by atoms with van der Waals surface area (Å²) >= 11 is 0. The van der Waals surface area contributed by atoms with Gasteiger partial charge in [0.25, 0.3) is 0 Å². The Morgan fingerprint density at radius 2 is 1.90 bits per heavy atom. The third kappa shape index (κ3) is 3.38. The van der Waals surface area contributed by atoms with Crippen molar-refractivity contribution in [3.05, 3.63) is 42.2 Å². The van der Waals surface area contributed by atoms with Crippen LogP contribution in [-0.2, 0) is 6.54 Å². The minimum atomic E-state index is 0.0273. The lowest BCUT2D eigenvalue weighted by Crippen LogP contribution is -2.20. The summed E-state index contributed by atoms with van der Waals surface area (Å²) in [5.41, 5.74) is 7.76. The molecule has 0 aliphatic heterocycles. The Kier molecular flexibility index (Phi) is 4.40. The molecule has 0 aliphatic rings. The van der Waals surface area contributed by atoms with Gasteiger partial charge in [-0.3, -0.25) is 0 Å². The van der Waals surface area contributed by atoms with Crippen LogP contribution in [0.3, 0.4) is 0 Å². The lowest BCUT2D eigenvalue weighted by molar-refractivity contribution is 0.234. The van der Waals surface area contributed by atoms with Crippen molar-refractivity contribution in [3.63, 3.8) is 0 Å².